The standard InChI is InChI=1S/C9H10O2.C8H19N/c1-7-3-5-8(6-4-7)9(10)11-2;1-7(9)5-6-8(2,3)4/h3-6H,1-2H3;7H,5-6,9H2,1-4H3. The molecule has 0 radical (unpaired) electrons. The van der Waals surface area contributed by atoms with Gasteiger partial charge in [0.15, 0.2) is 0 Å². The quantitative estimate of drug-likeness (QED) is 0.853. The van der Waals surface area contributed by atoms with Gasteiger partial charge in [0.2, 0.25) is 0 Å². The van der Waals surface area contributed by atoms with Gasteiger partial charge < -0.3 is 10.5 Å². The van der Waals surface area contributed by atoms with E-state index in [0.717, 1.165) is 12.0 Å². The zero-order valence-corrected chi connectivity index (χ0v) is 13.7. The van der Waals surface area contributed by atoms with E-state index < -0.39 is 0 Å². The van der Waals surface area contributed by atoms with Gasteiger partial charge in [-0.25, -0.2) is 4.79 Å². The van der Waals surface area contributed by atoms with Crippen LogP contribution in [0, 0.1) is 12.3 Å². The number of rotatable bonds is 3. The van der Waals surface area contributed by atoms with Crippen LogP contribution in [0.25, 0.3) is 0 Å². The van der Waals surface area contributed by atoms with Crippen LogP contribution in [-0.4, -0.2) is 19.1 Å². The maximum atomic E-state index is 10.9. The van der Waals surface area contributed by atoms with Crippen molar-refractivity contribution in [3.05, 3.63) is 35.4 Å². The summed E-state index contributed by atoms with van der Waals surface area (Å²) in [5.74, 6) is -0.287. The number of benzene rings is 1. The molecule has 0 amide bonds. The minimum Gasteiger partial charge on any atom is -0.465 e. The Bertz CT molecular complexity index is 388. The highest BCUT2D eigenvalue weighted by atomic mass is 16.5. The van der Waals surface area contributed by atoms with Gasteiger partial charge in [0, 0.05) is 6.04 Å². The van der Waals surface area contributed by atoms with Crippen LogP contribution < -0.4 is 5.73 Å². The van der Waals surface area contributed by atoms with Crippen molar-refractivity contribution < 1.29 is 9.53 Å². The second-order valence-corrected chi connectivity index (χ2v) is 6.43. The average Bonchev–Trinajstić information content (AvgIpc) is 2.36. The monoisotopic (exact) mass is 279 g/mol. The Morgan fingerprint density at radius 3 is 2.05 bits per heavy atom. The normalized spacial score (nSPS) is 12.2. The Kier molecular flexibility index (Phi) is 8.16. The van der Waals surface area contributed by atoms with Crippen molar-refractivity contribution in [3.63, 3.8) is 0 Å². The molecule has 1 unspecified atom stereocenters. The predicted molar refractivity (Wildman–Crippen MR) is 84.9 cm³/mol. The van der Waals surface area contributed by atoms with Crippen molar-refractivity contribution in [3.8, 4) is 0 Å². The molecule has 0 aromatic heterocycles. The summed E-state index contributed by atoms with van der Waals surface area (Å²) in [6.45, 7) is 10.8. The van der Waals surface area contributed by atoms with E-state index in [9.17, 15) is 4.79 Å². The fourth-order valence-corrected chi connectivity index (χ4v) is 1.47. The molecule has 1 aromatic carbocycles. The Balaban J connectivity index is 0.000000370. The molecule has 0 aliphatic carbocycles. The van der Waals surface area contributed by atoms with Crippen molar-refractivity contribution in [1.29, 1.82) is 0 Å². The van der Waals surface area contributed by atoms with Crippen LogP contribution in [0.3, 0.4) is 0 Å². The first-order chi connectivity index (χ1) is 9.15. The minimum absolute atomic E-state index is 0.287. The van der Waals surface area contributed by atoms with Gasteiger partial charge in [-0.3, -0.25) is 0 Å². The van der Waals surface area contributed by atoms with Gasteiger partial charge in [0.05, 0.1) is 12.7 Å². The van der Waals surface area contributed by atoms with Crippen molar-refractivity contribution in [2.45, 2.75) is 53.5 Å². The van der Waals surface area contributed by atoms with Crippen molar-refractivity contribution in [2.75, 3.05) is 7.11 Å². The first-order valence-electron chi connectivity index (χ1n) is 7.06. The number of ether oxygens (including phenoxy) is 1. The van der Waals surface area contributed by atoms with Gasteiger partial charge in [0.1, 0.15) is 0 Å². The lowest BCUT2D eigenvalue weighted by Gasteiger charge is -2.18. The molecule has 0 aliphatic heterocycles. The number of hydrogen-bond acceptors (Lipinski definition) is 3. The van der Waals surface area contributed by atoms with Gasteiger partial charge in [-0.05, 0) is 44.2 Å². The maximum Gasteiger partial charge on any atom is 0.337 e. The molecular formula is C17H29NO2. The molecule has 0 bridgehead atoms. The van der Waals surface area contributed by atoms with Gasteiger partial charge in [-0.2, -0.15) is 0 Å². The van der Waals surface area contributed by atoms with E-state index in [1.807, 2.05) is 19.1 Å². The van der Waals surface area contributed by atoms with Crippen LogP contribution >= 0.6 is 0 Å². The summed E-state index contributed by atoms with van der Waals surface area (Å²) in [6, 6.07) is 7.63. The van der Waals surface area contributed by atoms with Crippen molar-refractivity contribution in [1.82, 2.24) is 0 Å². The molecule has 3 nitrogen and oxygen atoms in total. The third kappa shape index (κ3) is 9.56. The summed E-state index contributed by atoms with van der Waals surface area (Å²) in [4.78, 5) is 10.9. The van der Waals surface area contributed by atoms with Crippen LogP contribution in [0.4, 0.5) is 0 Å². The number of esters is 1. The first-order valence-corrected chi connectivity index (χ1v) is 7.06. The largest absolute Gasteiger partial charge is 0.465 e. The van der Waals surface area contributed by atoms with Crippen molar-refractivity contribution in [2.24, 2.45) is 11.1 Å². The summed E-state index contributed by atoms with van der Waals surface area (Å²) in [6.07, 6.45) is 2.37. The Labute approximate surface area is 123 Å². The number of methoxy groups -OCH3 is 1. The summed E-state index contributed by atoms with van der Waals surface area (Å²) >= 11 is 0. The molecule has 0 fully saturated rings. The van der Waals surface area contributed by atoms with E-state index >= 15 is 0 Å². The fraction of sp³-hybridized carbons (Fsp3) is 0.588. The number of carbonyl (C=O) groups excluding carboxylic acids is 1. The SMILES string of the molecule is CC(N)CCC(C)(C)C.COC(=O)c1ccc(C)cc1. The zero-order chi connectivity index (χ0) is 15.8. The molecular weight excluding hydrogens is 250 g/mol. The molecule has 0 saturated heterocycles. The van der Waals surface area contributed by atoms with E-state index in [1.54, 1.807) is 12.1 Å². The molecule has 1 aromatic rings. The second kappa shape index (κ2) is 8.75. The smallest absolute Gasteiger partial charge is 0.337 e. The second-order valence-electron chi connectivity index (χ2n) is 6.43. The Morgan fingerprint density at radius 1 is 1.25 bits per heavy atom. The van der Waals surface area contributed by atoms with Gasteiger partial charge in [-0.15, -0.1) is 0 Å². The lowest BCUT2D eigenvalue weighted by atomic mass is 9.89. The molecule has 20 heavy (non-hydrogen) atoms. The third-order valence-electron chi connectivity index (χ3n) is 2.82. The lowest BCUT2D eigenvalue weighted by Crippen LogP contribution is -2.18. The van der Waals surface area contributed by atoms with Gasteiger partial charge in [-0.1, -0.05) is 38.5 Å². The Hall–Kier alpha value is -1.35. The highest BCUT2D eigenvalue weighted by Gasteiger charge is 2.09. The minimum atomic E-state index is -0.287. The van der Waals surface area contributed by atoms with E-state index in [4.69, 9.17) is 5.73 Å². The lowest BCUT2D eigenvalue weighted by molar-refractivity contribution is 0.0600. The molecule has 0 aliphatic rings. The van der Waals surface area contributed by atoms with Crippen LogP contribution in [0.2, 0.25) is 0 Å². The summed E-state index contributed by atoms with van der Waals surface area (Å²) in [7, 11) is 1.38. The van der Waals surface area contributed by atoms with Crippen LogP contribution in [0.5, 0.6) is 0 Å². The van der Waals surface area contributed by atoms with E-state index in [2.05, 4.69) is 32.4 Å². The molecule has 1 atom stereocenters. The van der Waals surface area contributed by atoms with Crippen LogP contribution in [0.15, 0.2) is 24.3 Å². The predicted octanol–water partition coefficient (Wildman–Crippen LogP) is 3.94. The third-order valence-corrected chi connectivity index (χ3v) is 2.82. The molecule has 1 rings (SSSR count). The number of hydrogen-bond donors (Lipinski definition) is 1. The summed E-state index contributed by atoms with van der Waals surface area (Å²) in [5, 5.41) is 0. The van der Waals surface area contributed by atoms with E-state index in [1.165, 1.54) is 13.5 Å². The number of carbonyl (C=O) groups is 1. The highest BCUT2D eigenvalue weighted by Crippen LogP contribution is 2.20. The van der Waals surface area contributed by atoms with Crippen LogP contribution in [0.1, 0.15) is 56.5 Å². The summed E-state index contributed by atoms with van der Waals surface area (Å²) < 4.78 is 4.54. The molecule has 0 spiro atoms. The van der Waals surface area contributed by atoms with E-state index in [0.29, 0.717) is 17.0 Å². The molecule has 114 valence electrons. The zero-order valence-electron chi connectivity index (χ0n) is 13.7. The van der Waals surface area contributed by atoms with E-state index in [-0.39, 0.29) is 5.97 Å². The highest BCUT2D eigenvalue weighted by molar-refractivity contribution is 5.89. The molecule has 0 saturated carbocycles. The molecule has 2 N–H and O–H groups in total. The topological polar surface area (TPSA) is 52.3 Å². The van der Waals surface area contributed by atoms with Crippen LogP contribution in [-0.2, 0) is 4.74 Å². The average molecular weight is 279 g/mol. The Morgan fingerprint density at radius 2 is 1.75 bits per heavy atom. The fourth-order valence-electron chi connectivity index (χ4n) is 1.47. The van der Waals surface area contributed by atoms with Crippen molar-refractivity contribution >= 4 is 5.97 Å². The van der Waals surface area contributed by atoms with Gasteiger partial charge >= 0.3 is 5.97 Å². The number of aryl methyl sites for hydroxylation is 1. The molecule has 3 heteroatoms. The number of nitrogens with two attached hydrogens (primary N) is 1. The maximum absolute atomic E-state index is 10.9. The first kappa shape index (κ1) is 18.7. The molecule has 0 heterocycles. The summed E-state index contributed by atoms with van der Waals surface area (Å²) in [5.41, 5.74) is 7.78. The van der Waals surface area contributed by atoms with Gasteiger partial charge in [0.25, 0.3) is 0 Å².